The smallest absolute Gasteiger partial charge is 0.255 e. The lowest BCUT2D eigenvalue weighted by atomic mass is 9.88. The van der Waals surface area contributed by atoms with Crippen molar-refractivity contribution in [1.29, 1.82) is 0 Å². The minimum absolute atomic E-state index is 0.0731. The van der Waals surface area contributed by atoms with E-state index in [1.807, 2.05) is 23.1 Å². The van der Waals surface area contributed by atoms with E-state index >= 15 is 0 Å². The highest BCUT2D eigenvalue weighted by molar-refractivity contribution is 6.05. The van der Waals surface area contributed by atoms with Crippen LogP contribution in [0.2, 0.25) is 0 Å². The van der Waals surface area contributed by atoms with Crippen LogP contribution >= 0.6 is 0 Å². The minimum atomic E-state index is -2.48. The zero-order valence-electron chi connectivity index (χ0n) is 16.0. The number of benzene rings is 1. The summed E-state index contributed by atoms with van der Waals surface area (Å²) in [6.07, 6.45) is -1.65. The first-order valence-electron chi connectivity index (χ1n) is 9.80. The van der Waals surface area contributed by atoms with Gasteiger partial charge >= 0.3 is 0 Å². The number of likely N-dealkylation sites (tertiary alicyclic amines) is 1. The Kier molecular flexibility index (Phi) is 5.12. The molecule has 0 aromatic heterocycles. The summed E-state index contributed by atoms with van der Waals surface area (Å²) in [7, 11) is 0. The number of halogens is 2. The van der Waals surface area contributed by atoms with E-state index in [1.165, 1.54) is 4.90 Å². The average Bonchev–Trinajstić information content (AvgIpc) is 3.25. The fraction of sp³-hybridized carbons (Fsp3) is 0.550. The van der Waals surface area contributed by atoms with Crippen molar-refractivity contribution < 1.29 is 23.2 Å². The predicted molar refractivity (Wildman–Crippen MR) is 99.9 cm³/mol. The summed E-state index contributed by atoms with van der Waals surface area (Å²) >= 11 is 0. The van der Waals surface area contributed by atoms with Crippen LogP contribution in [0.4, 0.5) is 8.78 Å². The van der Waals surface area contributed by atoms with E-state index in [0.29, 0.717) is 38.0 Å². The van der Waals surface area contributed by atoms with Crippen molar-refractivity contribution in [3.8, 4) is 0 Å². The van der Waals surface area contributed by atoms with Gasteiger partial charge < -0.3 is 10.6 Å². The fourth-order valence-corrected chi connectivity index (χ4v) is 4.62. The number of nitrogens with zero attached hydrogens (tertiary/aromatic N) is 2. The Hall–Kier alpha value is -2.39. The molecule has 3 N–H and O–H groups in total. The van der Waals surface area contributed by atoms with Crippen molar-refractivity contribution in [2.45, 2.75) is 44.8 Å². The van der Waals surface area contributed by atoms with Crippen molar-refractivity contribution in [3.05, 3.63) is 34.9 Å². The molecule has 3 heterocycles. The van der Waals surface area contributed by atoms with Crippen molar-refractivity contribution >= 4 is 17.7 Å². The van der Waals surface area contributed by atoms with Crippen LogP contribution < -0.4 is 11.1 Å². The van der Waals surface area contributed by atoms with E-state index in [9.17, 15) is 23.2 Å². The average molecular weight is 406 g/mol. The molecule has 0 saturated carbocycles. The van der Waals surface area contributed by atoms with Crippen LogP contribution in [-0.4, -0.2) is 59.6 Å². The lowest BCUT2D eigenvalue weighted by molar-refractivity contribution is -0.136. The molecule has 7 nitrogen and oxygen atoms in total. The number of carbonyl (C=O) groups is 3. The fourth-order valence-electron chi connectivity index (χ4n) is 4.62. The maximum absolute atomic E-state index is 13.5. The van der Waals surface area contributed by atoms with Crippen LogP contribution in [0.1, 0.15) is 40.7 Å². The van der Waals surface area contributed by atoms with Gasteiger partial charge in [0.25, 0.3) is 5.91 Å². The second-order valence-corrected chi connectivity index (χ2v) is 8.18. The van der Waals surface area contributed by atoms with Crippen molar-refractivity contribution in [2.75, 3.05) is 19.6 Å². The molecule has 3 aliphatic heterocycles. The summed E-state index contributed by atoms with van der Waals surface area (Å²) in [5.74, 6) is -1.02. The normalized spacial score (nSPS) is 27.7. The maximum Gasteiger partial charge on any atom is 0.255 e. The summed E-state index contributed by atoms with van der Waals surface area (Å²) in [6, 6.07) is 4.84. The molecule has 0 bridgehead atoms. The third-order valence-corrected chi connectivity index (χ3v) is 6.37. The largest absolute Gasteiger partial charge is 0.330 e. The van der Waals surface area contributed by atoms with Crippen molar-refractivity contribution in [2.24, 2.45) is 11.1 Å². The van der Waals surface area contributed by atoms with Gasteiger partial charge in [-0.15, -0.1) is 0 Å². The van der Waals surface area contributed by atoms with Gasteiger partial charge in [-0.3, -0.25) is 24.6 Å². The SMILES string of the molecule is NCC1(C(F)F)CCN(Cc2cccc3c2C(=O)N(C2CCC(=O)NC2=O)C3)C1. The van der Waals surface area contributed by atoms with E-state index < -0.39 is 23.8 Å². The highest BCUT2D eigenvalue weighted by Gasteiger charge is 2.45. The van der Waals surface area contributed by atoms with Gasteiger partial charge in [0, 0.05) is 38.2 Å². The number of alkyl halides is 2. The number of nitrogens with two attached hydrogens (primary N) is 1. The van der Waals surface area contributed by atoms with Gasteiger partial charge in [0.1, 0.15) is 6.04 Å². The van der Waals surface area contributed by atoms with Crippen LogP contribution in [-0.2, 0) is 22.7 Å². The standard InChI is InChI=1S/C20H24F2N4O3/c21-19(22)20(10-23)6-7-25(11-20)8-12-2-1-3-13-9-26(18(29)16(12)13)14-4-5-15(27)24-17(14)28/h1-3,14,19H,4-11,23H2,(H,24,27,28). The Balaban J connectivity index is 1.53. The molecule has 2 fully saturated rings. The molecule has 1 aromatic rings. The number of hydrogen-bond acceptors (Lipinski definition) is 5. The van der Waals surface area contributed by atoms with Crippen LogP contribution in [0, 0.1) is 5.41 Å². The maximum atomic E-state index is 13.5. The quantitative estimate of drug-likeness (QED) is 0.708. The first-order valence-corrected chi connectivity index (χ1v) is 9.80. The third kappa shape index (κ3) is 3.42. The second kappa shape index (κ2) is 7.46. The summed E-state index contributed by atoms with van der Waals surface area (Å²) in [5.41, 5.74) is 6.56. The van der Waals surface area contributed by atoms with Gasteiger partial charge in [-0.2, -0.15) is 0 Å². The lowest BCUT2D eigenvalue weighted by Crippen LogP contribution is -2.52. The number of amides is 3. The summed E-state index contributed by atoms with van der Waals surface area (Å²) in [5, 5.41) is 2.29. The molecule has 29 heavy (non-hydrogen) atoms. The number of hydrogen-bond donors (Lipinski definition) is 2. The van der Waals surface area contributed by atoms with E-state index in [4.69, 9.17) is 5.73 Å². The highest BCUT2D eigenvalue weighted by Crippen LogP contribution is 2.37. The van der Waals surface area contributed by atoms with Gasteiger partial charge in [0.2, 0.25) is 18.2 Å². The van der Waals surface area contributed by atoms with Crippen molar-refractivity contribution in [3.63, 3.8) is 0 Å². The van der Waals surface area contributed by atoms with Gasteiger partial charge in [0.05, 0.1) is 5.41 Å². The number of carbonyl (C=O) groups excluding carboxylic acids is 3. The molecule has 0 radical (unpaired) electrons. The number of imide groups is 1. The molecular formula is C20H24F2N4O3. The van der Waals surface area contributed by atoms with E-state index in [2.05, 4.69) is 5.32 Å². The molecule has 2 saturated heterocycles. The number of fused-ring (bicyclic) bond motifs is 1. The van der Waals surface area contributed by atoms with Crippen LogP contribution in [0.15, 0.2) is 18.2 Å². The zero-order chi connectivity index (χ0) is 20.8. The Morgan fingerprint density at radius 2 is 2.07 bits per heavy atom. The lowest BCUT2D eigenvalue weighted by Gasteiger charge is -2.29. The van der Waals surface area contributed by atoms with Crippen LogP contribution in [0.5, 0.6) is 0 Å². The summed E-state index contributed by atoms with van der Waals surface area (Å²) in [4.78, 5) is 40.1. The van der Waals surface area contributed by atoms with E-state index in [-0.39, 0.29) is 31.3 Å². The molecule has 156 valence electrons. The molecule has 3 amide bonds. The molecular weight excluding hydrogens is 382 g/mol. The van der Waals surface area contributed by atoms with Gasteiger partial charge in [-0.05, 0) is 30.5 Å². The number of nitrogens with one attached hydrogen (secondary N) is 1. The third-order valence-electron chi connectivity index (χ3n) is 6.37. The Bertz CT molecular complexity index is 862. The van der Waals surface area contributed by atoms with Crippen molar-refractivity contribution in [1.82, 2.24) is 15.1 Å². The molecule has 2 unspecified atom stereocenters. The predicted octanol–water partition coefficient (Wildman–Crippen LogP) is 0.863. The first-order chi connectivity index (χ1) is 13.8. The minimum Gasteiger partial charge on any atom is -0.330 e. The van der Waals surface area contributed by atoms with E-state index in [1.54, 1.807) is 0 Å². The molecule has 2 atom stereocenters. The Morgan fingerprint density at radius 1 is 1.28 bits per heavy atom. The highest BCUT2D eigenvalue weighted by atomic mass is 19.3. The number of rotatable bonds is 5. The second-order valence-electron chi connectivity index (χ2n) is 8.18. The topological polar surface area (TPSA) is 95.7 Å². The molecule has 9 heteroatoms. The molecule has 0 aliphatic carbocycles. The Labute approximate surface area is 167 Å². The zero-order valence-corrected chi connectivity index (χ0v) is 16.0. The van der Waals surface area contributed by atoms with E-state index in [0.717, 1.165) is 11.1 Å². The first kappa shape index (κ1) is 19.9. The summed E-state index contributed by atoms with van der Waals surface area (Å²) < 4.78 is 27.0. The van der Waals surface area contributed by atoms with Gasteiger partial charge in [-0.1, -0.05) is 18.2 Å². The van der Waals surface area contributed by atoms with Crippen LogP contribution in [0.25, 0.3) is 0 Å². The molecule has 0 spiro atoms. The monoisotopic (exact) mass is 406 g/mol. The molecule has 1 aromatic carbocycles. The van der Waals surface area contributed by atoms with Gasteiger partial charge in [-0.25, -0.2) is 8.78 Å². The molecule has 3 aliphatic rings. The number of piperidine rings is 1. The molecule has 4 rings (SSSR count). The van der Waals surface area contributed by atoms with Gasteiger partial charge in [0.15, 0.2) is 0 Å². The Morgan fingerprint density at radius 3 is 2.72 bits per heavy atom. The summed E-state index contributed by atoms with van der Waals surface area (Å²) in [6.45, 7) is 1.30. The van der Waals surface area contributed by atoms with Crippen LogP contribution in [0.3, 0.4) is 0 Å².